The SMILES string of the molecule is Cc1cccc(C(=O)c2c(C)[nH]c(C(=O)O)c2C)c1. The number of H-pyrrole nitrogens is 1. The number of hydrogen-bond acceptors (Lipinski definition) is 2. The minimum absolute atomic E-state index is 0.0773. The van der Waals surface area contributed by atoms with E-state index in [1.165, 1.54) is 0 Å². The van der Waals surface area contributed by atoms with Crippen molar-refractivity contribution in [3.05, 3.63) is 57.9 Å². The second-order valence-corrected chi connectivity index (χ2v) is 4.63. The number of carboxylic acids is 1. The van der Waals surface area contributed by atoms with Gasteiger partial charge in [-0.05, 0) is 32.4 Å². The van der Waals surface area contributed by atoms with Crippen LogP contribution >= 0.6 is 0 Å². The number of nitrogens with one attached hydrogen (secondary N) is 1. The van der Waals surface area contributed by atoms with Gasteiger partial charge in [0.05, 0.1) is 0 Å². The van der Waals surface area contributed by atoms with Crippen LogP contribution in [0.2, 0.25) is 0 Å². The summed E-state index contributed by atoms with van der Waals surface area (Å²) < 4.78 is 0. The molecule has 0 bridgehead atoms. The van der Waals surface area contributed by atoms with E-state index in [-0.39, 0.29) is 11.5 Å². The lowest BCUT2D eigenvalue weighted by molar-refractivity contribution is 0.0690. The number of ketones is 1. The molecular formula is C15H15NO3. The molecule has 4 nitrogen and oxygen atoms in total. The fourth-order valence-electron chi connectivity index (χ4n) is 2.24. The van der Waals surface area contributed by atoms with Crippen molar-refractivity contribution in [1.82, 2.24) is 4.98 Å². The Hall–Kier alpha value is -2.36. The lowest BCUT2D eigenvalue weighted by Gasteiger charge is -2.03. The van der Waals surface area contributed by atoms with Crippen molar-refractivity contribution in [1.29, 1.82) is 0 Å². The average molecular weight is 257 g/mol. The van der Waals surface area contributed by atoms with E-state index in [1.807, 2.05) is 19.1 Å². The highest BCUT2D eigenvalue weighted by atomic mass is 16.4. The van der Waals surface area contributed by atoms with Crippen LogP contribution in [0.1, 0.15) is 43.2 Å². The Bertz CT molecular complexity index is 668. The molecule has 0 radical (unpaired) electrons. The van der Waals surface area contributed by atoms with E-state index in [4.69, 9.17) is 5.11 Å². The van der Waals surface area contributed by atoms with Crippen molar-refractivity contribution in [3.8, 4) is 0 Å². The van der Waals surface area contributed by atoms with Gasteiger partial charge in [-0.15, -0.1) is 0 Å². The molecule has 98 valence electrons. The van der Waals surface area contributed by atoms with Crippen LogP contribution in [0.5, 0.6) is 0 Å². The zero-order valence-corrected chi connectivity index (χ0v) is 11.1. The smallest absolute Gasteiger partial charge is 0.352 e. The summed E-state index contributed by atoms with van der Waals surface area (Å²) in [4.78, 5) is 26.3. The highest BCUT2D eigenvalue weighted by Gasteiger charge is 2.22. The number of carbonyl (C=O) groups is 2. The molecule has 0 aliphatic rings. The highest BCUT2D eigenvalue weighted by Crippen LogP contribution is 2.21. The third-order valence-electron chi connectivity index (χ3n) is 3.16. The number of carboxylic acid groups (broad SMARTS) is 1. The molecule has 0 amide bonds. The highest BCUT2D eigenvalue weighted by molar-refractivity contribution is 6.12. The lowest BCUT2D eigenvalue weighted by Crippen LogP contribution is -2.05. The van der Waals surface area contributed by atoms with Gasteiger partial charge < -0.3 is 10.1 Å². The molecule has 0 aliphatic heterocycles. The largest absolute Gasteiger partial charge is 0.477 e. The van der Waals surface area contributed by atoms with E-state index in [0.29, 0.717) is 22.4 Å². The predicted molar refractivity (Wildman–Crippen MR) is 71.8 cm³/mol. The van der Waals surface area contributed by atoms with E-state index >= 15 is 0 Å². The Morgan fingerprint density at radius 3 is 2.37 bits per heavy atom. The first kappa shape index (κ1) is 13.1. The van der Waals surface area contributed by atoms with E-state index in [0.717, 1.165) is 5.56 Å². The third-order valence-corrected chi connectivity index (χ3v) is 3.16. The quantitative estimate of drug-likeness (QED) is 0.830. The molecule has 1 aromatic carbocycles. The van der Waals surface area contributed by atoms with E-state index in [2.05, 4.69) is 4.98 Å². The van der Waals surface area contributed by atoms with Crippen molar-refractivity contribution in [2.75, 3.05) is 0 Å². The number of rotatable bonds is 3. The fourth-order valence-corrected chi connectivity index (χ4v) is 2.24. The zero-order chi connectivity index (χ0) is 14.2. The zero-order valence-electron chi connectivity index (χ0n) is 11.1. The molecule has 1 heterocycles. The van der Waals surface area contributed by atoms with Gasteiger partial charge in [-0.25, -0.2) is 4.79 Å². The molecule has 2 rings (SSSR count). The van der Waals surface area contributed by atoms with Crippen LogP contribution < -0.4 is 0 Å². The third kappa shape index (κ3) is 2.29. The maximum Gasteiger partial charge on any atom is 0.352 e. The summed E-state index contributed by atoms with van der Waals surface area (Å²) in [6, 6.07) is 7.27. The molecule has 2 aromatic rings. The van der Waals surface area contributed by atoms with Gasteiger partial charge in [0, 0.05) is 16.8 Å². The predicted octanol–water partition coefficient (Wildman–Crippen LogP) is 2.87. The molecule has 0 aliphatic carbocycles. The molecule has 0 fully saturated rings. The Balaban J connectivity index is 2.54. The van der Waals surface area contributed by atoms with Gasteiger partial charge in [0.1, 0.15) is 5.69 Å². The summed E-state index contributed by atoms with van der Waals surface area (Å²) in [7, 11) is 0. The second kappa shape index (κ2) is 4.72. The number of hydrogen-bond donors (Lipinski definition) is 2. The van der Waals surface area contributed by atoms with Crippen molar-refractivity contribution < 1.29 is 14.7 Å². The monoisotopic (exact) mass is 257 g/mol. The second-order valence-electron chi connectivity index (χ2n) is 4.63. The Kier molecular flexibility index (Phi) is 3.25. The molecule has 1 aromatic heterocycles. The Morgan fingerprint density at radius 2 is 1.84 bits per heavy atom. The van der Waals surface area contributed by atoms with Crippen LogP contribution in [-0.2, 0) is 0 Å². The average Bonchev–Trinajstić information content (AvgIpc) is 2.64. The van der Waals surface area contributed by atoms with Gasteiger partial charge in [-0.2, -0.15) is 0 Å². The van der Waals surface area contributed by atoms with Crippen molar-refractivity contribution >= 4 is 11.8 Å². The van der Waals surface area contributed by atoms with E-state index in [9.17, 15) is 9.59 Å². The van der Waals surface area contributed by atoms with Gasteiger partial charge in [-0.1, -0.05) is 23.8 Å². The van der Waals surface area contributed by atoms with Crippen LogP contribution in [0.4, 0.5) is 0 Å². The first-order valence-electron chi connectivity index (χ1n) is 5.95. The minimum Gasteiger partial charge on any atom is -0.477 e. The molecule has 0 saturated heterocycles. The summed E-state index contributed by atoms with van der Waals surface area (Å²) in [5, 5.41) is 9.06. The Labute approximate surface area is 111 Å². The first-order chi connectivity index (χ1) is 8.91. The number of carbonyl (C=O) groups excluding carboxylic acids is 1. The summed E-state index contributed by atoms with van der Waals surface area (Å²) in [5.74, 6) is -1.20. The minimum atomic E-state index is -1.05. The van der Waals surface area contributed by atoms with Crippen molar-refractivity contribution in [2.24, 2.45) is 0 Å². The number of aryl methyl sites for hydroxylation is 2. The summed E-state index contributed by atoms with van der Waals surface area (Å²) in [6.45, 7) is 5.27. The van der Waals surface area contributed by atoms with Crippen LogP contribution in [0.3, 0.4) is 0 Å². The van der Waals surface area contributed by atoms with E-state index < -0.39 is 5.97 Å². The van der Waals surface area contributed by atoms with Gasteiger partial charge in [-0.3, -0.25) is 4.79 Å². The molecule has 4 heteroatoms. The molecule has 0 saturated carbocycles. The molecule has 0 atom stereocenters. The normalized spacial score (nSPS) is 10.5. The summed E-state index contributed by atoms with van der Waals surface area (Å²) >= 11 is 0. The molecule has 19 heavy (non-hydrogen) atoms. The standard InChI is InChI=1S/C15H15NO3/c1-8-5-4-6-11(7-8)14(17)12-9(2)13(15(18)19)16-10(12)3/h4-7,16H,1-3H3,(H,18,19). The van der Waals surface area contributed by atoms with Crippen molar-refractivity contribution in [2.45, 2.75) is 20.8 Å². The van der Waals surface area contributed by atoms with Gasteiger partial charge in [0.25, 0.3) is 0 Å². The van der Waals surface area contributed by atoms with Crippen LogP contribution in [0, 0.1) is 20.8 Å². The van der Waals surface area contributed by atoms with E-state index in [1.54, 1.807) is 26.0 Å². The number of aromatic nitrogens is 1. The summed E-state index contributed by atoms with van der Waals surface area (Å²) in [5.41, 5.74) is 3.16. The number of aromatic amines is 1. The number of benzene rings is 1. The first-order valence-corrected chi connectivity index (χ1v) is 5.95. The maximum absolute atomic E-state index is 12.5. The summed E-state index contributed by atoms with van der Waals surface area (Å²) in [6.07, 6.45) is 0. The molecule has 0 spiro atoms. The topological polar surface area (TPSA) is 70.2 Å². The van der Waals surface area contributed by atoms with Crippen LogP contribution in [-0.4, -0.2) is 21.8 Å². The molecular weight excluding hydrogens is 242 g/mol. The van der Waals surface area contributed by atoms with Crippen LogP contribution in [0.15, 0.2) is 24.3 Å². The molecule has 2 N–H and O–H groups in total. The van der Waals surface area contributed by atoms with Gasteiger partial charge >= 0.3 is 5.97 Å². The van der Waals surface area contributed by atoms with Crippen LogP contribution in [0.25, 0.3) is 0 Å². The fraction of sp³-hybridized carbons (Fsp3) is 0.200. The Morgan fingerprint density at radius 1 is 1.16 bits per heavy atom. The molecule has 0 unspecified atom stereocenters. The maximum atomic E-state index is 12.5. The van der Waals surface area contributed by atoms with Gasteiger partial charge in [0.2, 0.25) is 0 Å². The lowest BCUT2D eigenvalue weighted by atomic mass is 9.98. The van der Waals surface area contributed by atoms with Crippen molar-refractivity contribution in [3.63, 3.8) is 0 Å². The number of aromatic carboxylic acids is 1. The van der Waals surface area contributed by atoms with Gasteiger partial charge in [0.15, 0.2) is 5.78 Å².